The number of nitrogens with one attached hydrogen (secondary N) is 1. The van der Waals surface area contributed by atoms with Crippen LogP contribution in [-0.2, 0) is 9.53 Å². The highest BCUT2D eigenvalue weighted by atomic mass is 16.5. The number of esters is 1. The lowest BCUT2D eigenvalue weighted by Crippen LogP contribution is -2.37. The highest BCUT2D eigenvalue weighted by Gasteiger charge is 2.49. The molecule has 1 heterocycles. The van der Waals surface area contributed by atoms with Gasteiger partial charge in [-0.05, 0) is 31.7 Å². The van der Waals surface area contributed by atoms with Gasteiger partial charge in [-0.1, -0.05) is 42.0 Å². The van der Waals surface area contributed by atoms with Gasteiger partial charge in [-0.25, -0.2) is 0 Å². The van der Waals surface area contributed by atoms with Crippen molar-refractivity contribution in [3.8, 4) is 0 Å². The highest BCUT2D eigenvalue weighted by molar-refractivity contribution is 5.77. The summed E-state index contributed by atoms with van der Waals surface area (Å²) in [6.45, 7) is 4.48. The van der Waals surface area contributed by atoms with Gasteiger partial charge in [0.2, 0.25) is 0 Å². The summed E-state index contributed by atoms with van der Waals surface area (Å²) in [6, 6.07) is 10.4. The third kappa shape index (κ3) is 2.16. The number of carbonyl (C=O) groups excluding carboxylic acids is 1. The average Bonchev–Trinajstić information content (AvgIpc) is 3.01. The first kappa shape index (κ1) is 13.4. The van der Waals surface area contributed by atoms with Crippen molar-refractivity contribution >= 4 is 5.97 Å². The summed E-state index contributed by atoms with van der Waals surface area (Å²) in [5, 5.41) is 3.51. The Labute approximate surface area is 120 Å². The molecule has 1 aromatic rings. The van der Waals surface area contributed by atoms with Crippen molar-refractivity contribution in [2.24, 2.45) is 11.8 Å². The summed E-state index contributed by atoms with van der Waals surface area (Å²) in [5.74, 6) is 0.634. The predicted octanol–water partition coefficient (Wildman–Crippen LogP) is 2.85. The van der Waals surface area contributed by atoms with Gasteiger partial charge in [0.05, 0.1) is 6.61 Å². The van der Waals surface area contributed by atoms with Gasteiger partial charge in [-0.3, -0.25) is 10.1 Å². The molecule has 106 valence electrons. The quantitative estimate of drug-likeness (QED) is 0.678. The Morgan fingerprint density at radius 3 is 2.80 bits per heavy atom. The summed E-state index contributed by atoms with van der Waals surface area (Å²) < 4.78 is 5.23. The predicted molar refractivity (Wildman–Crippen MR) is 78.1 cm³/mol. The van der Waals surface area contributed by atoms with Crippen molar-refractivity contribution < 1.29 is 9.53 Å². The molecule has 0 aromatic heterocycles. The van der Waals surface area contributed by atoms with Crippen LogP contribution in [0.3, 0.4) is 0 Å². The smallest absolute Gasteiger partial charge is 0.323 e. The van der Waals surface area contributed by atoms with E-state index in [9.17, 15) is 4.79 Å². The second-order valence-electron chi connectivity index (χ2n) is 5.66. The molecule has 0 bridgehead atoms. The minimum atomic E-state index is -0.182. The average molecular weight is 271 g/mol. The van der Waals surface area contributed by atoms with Crippen LogP contribution >= 0.6 is 0 Å². The molecular weight excluding hydrogens is 250 g/mol. The number of benzene rings is 1. The fraction of sp³-hybridized carbons (Fsp3) is 0.471. The molecule has 20 heavy (non-hydrogen) atoms. The van der Waals surface area contributed by atoms with E-state index in [-0.39, 0.29) is 18.1 Å². The van der Waals surface area contributed by atoms with Crippen LogP contribution in [0.5, 0.6) is 0 Å². The zero-order valence-corrected chi connectivity index (χ0v) is 12.0. The maximum absolute atomic E-state index is 12.2. The first-order valence-corrected chi connectivity index (χ1v) is 7.36. The standard InChI is InChI=1S/C17H21NO2/c1-3-20-17(19)16-13-10-9-11(2)14(13)15(18-16)12-7-5-4-6-8-12/h4-9,13-16,18H,3,10H2,1-2H3/t13-,14+,15-,16-/m0/s1. The molecule has 1 N–H and O–H groups in total. The highest BCUT2D eigenvalue weighted by Crippen LogP contribution is 2.47. The van der Waals surface area contributed by atoms with Crippen LogP contribution in [0.2, 0.25) is 0 Å². The zero-order valence-electron chi connectivity index (χ0n) is 12.0. The van der Waals surface area contributed by atoms with Crippen molar-refractivity contribution in [2.45, 2.75) is 32.4 Å². The lowest BCUT2D eigenvalue weighted by Gasteiger charge is -2.20. The van der Waals surface area contributed by atoms with Crippen LogP contribution in [0.1, 0.15) is 31.9 Å². The first-order valence-electron chi connectivity index (χ1n) is 7.36. The van der Waals surface area contributed by atoms with Gasteiger partial charge in [0.1, 0.15) is 6.04 Å². The molecule has 1 aromatic carbocycles. The number of ether oxygens (including phenoxy) is 1. The molecule has 1 saturated heterocycles. The molecule has 0 unspecified atom stereocenters. The Bertz CT molecular complexity index is 523. The second-order valence-corrected chi connectivity index (χ2v) is 5.66. The normalized spacial score (nSPS) is 31.8. The fourth-order valence-corrected chi connectivity index (χ4v) is 3.66. The fourth-order valence-electron chi connectivity index (χ4n) is 3.66. The van der Waals surface area contributed by atoms with E-state index in [2.05, 4.69) is 42.6 Å². The number of fused-ring (bicyclic) bond motifs is 1. The van der Waals surface area contributed by atoms with E-state index < -0.39 is 0 Å². The van der Waals surface area contributed by atoms with Crippen molar-refractivity contribution in [3.63, 3.8) is 0 Å². The number of hydrogen-bond donors (Lipinski definition) is 1. The lowest BCUT2D eigenvalue weighted by atomic mass is 9.84. The third-order valence-electron chi connectivity index (χ3n) is 4.54. The molecule has 1 fully saturated rings. The topological polar surface area (TPSA) is 38.3 Å². The van der Waals surface area contributed by atoms with Gasteiger partial charge in [-0.15, -0.1) is 0 Å². The number of hydrogen-bond acceptors (Lipinski definition) is 3. The van der Waals surface area contributed by atoms with Crippen LogP contribution in [0.4, 0.5) is 0 Å². The largest absolute Gasteiger partial charge is 0.465 e. The summed E-state index contributed by atoms with van der Waals surface area (Å²) in [4.78, 5) is 12.2. The summed E-state index contributed by atoms with van der Waals surface area (Å²) in [7, 11) is 0. The van der Waals surface area contributed by atoms with Crippen LogP contribution in [0.15, 0.2) is 42.0 Å². The van der Waals surface area contributed by atoms with E-state index in [0.717, 1.165) is 6.42 Å². The van der Waals surface area contributed by atoms with Gasteiger partial charge in [-0.2, -0.15) is 0 Å². The SMILES string of the molecule is CCOC(=O)[C@H]1N[C@@H](c2ccccc2)[C@@H]2C(C)=CC[C@@H]21. The Hall–Kier alpha value is -1.61. The molecule has 0 saturated carbocycles. The Balaban J connectivity index is 1.88. The van der Waals surface area contributed by atoms with Gasteiger partial charge >= 0.3 is 5.97 Å². The Kier molecular flexibility index (Phi) is 3.62. The molecule has 3 rings (SSSR count). The summed E-state index contributed by atoms with van der Waals surface area (Å²) in [5.41, 5.74) is 2.65. The van der Waals surface area contributed by atoms with Gasteiger partial charge < -0.3 is 4.74 Å². The monoisotopic (exact) mass is 271 g/mol. The number of carbonyl (C=O) groups is 1. The first-order chi connectivity index (χ1) is 9.72. The molecule has 0 radical (unpaired) electrons. The van der Waals surface area contributed by atoms with E-state index >= 15 is 0 Å². The zero-order chi connectivity index (χ0) is 14.1. The van der Waals surface area contributed by atoms with Gasteiger partial charge in [0.25, 0.3) is 0 Å². The van der Waals surface area contributed by atoms with Crippen LogP contribution in [0, 0.1) is 11.8 Å². The van der Waals surface area contributed by atoms with E-state index in [4.69, 9.17) is 4.74 Å². The van der Waals surface area contributed by atoms with Gasteiger partial charge in [0.15, 0.2) is 0 Å². The number of allylic oxidation sites excluding steroid dienone is 1. The summed E-state index contributed by atoms with van der Waals surface area (Å²) in [6.07, 6.45) is 3.24. The van der Waals surface area contributed by atoms with Crippen LogP contribution < -0.4 is 5.32 Å². The minimum Gasteiger partial charge on any atom is -0.465 e. The maximum atomic E-state index is 12.2. The van der Waals surface area contributed by atoms with Crippen molar-refractivity contribution in [2.75, 3.05) is 6.61 Å². The molecule has 0 spiro atoms. The lowest BCUT2D eigenvalue weighted by molar-refractivity contribution is -0.146. The summed E-state index contributed by atoms with van der Waals surface area (Å²) >= 11 is 0. The number of rotatable bonds is 3. The molecular formula is C17H21NO2. The van der Waals surface area contributed by atoms with E-state index in [1.54, 1.807) is 0 Å². The molecule has 2 aliphatic rings. The molecule has 1 aliphatic heterocycles. The van der Waals surface area contributed by atoms with Crippen molar-refractivity contribution in [1.82, 2.24) is 5.32 Å². The van der Waals surface area contributed by atoms with E-state index in [1.165, 1.54) is 11.1 Å². The molecule has 3 heteroatoms. The Morgan fingerprint density at radius 1 is 1.35 bits per heavy atom. The minimum absolute atomic E-state index is 0.107. The maximum Gasteiger partial charge on any atom is 0.323 e. The third-order valence-corrected chi connectivity index (χ3v) is 4.54. The molecule has 3 nitrogen and oxygen atoms in total. The Morgan fingerprint density at radius 2 is 2.10 bits per heavy atom. The van der Waals surface area contributed by atoms with Crippen LogP contribution in [-0.4, -0.2) is 18.6 Å². The van der Waals surface area contributed by atoms with E-state index in [0.29, 0.717) is 18.4 Å². The van der Waals surface area contributed by atoms with Crippen molar-refractivity contribution in [1.29, 1.82) is 0 Å². The molecule has 0 amide bonds. The van der Waals surface area contributed by atoms with Gasteiger partial charge in [0, 0.05) is 12.0 Å². The van der Waals surface area contributed by atoms with E-state index in [1.807, 2.05) is 13.0 Å². The molecule has 4 atom stereocenters. The second kappa shape index (κ2) is 5.41. The van der Waals surface area contributed by atoms with Crippen molar-refractivity contribution in [3.05, 3.63) is 47.5 Å². The molecule has 1 aliphatic carbocycles. The van der Waals surface area contributed by atoms with Crippen LogP contribution in [0.25, 0.3) is 0 Å².